The Morgan fingerprint density at radius 2 is 1.89 bits per heavy atom. The van der Waals surface area contributed by atoms with Crippen molar-refractivity contribution in [2.24, 2.45) is 0 Å². The maximum Gasteiger partial charge on any atom is 0.236 e. The number of carbonyl (C=O) groups is 1. The fraction of sp³-hybridized carbons (Fsp3) is 0.923. The Morgan fingerprint density at radius 1 is 1.21 bits per heavy atom. The van der Waals surface area contributed by atoms with Gasteiger partial charge in [-0.2, -0.15) is 0 Å². The number of hydrogen-bond donors (Lipinski definition) is 1. The summed E-state index contributed by atoms with van der Waals surface area (Å²) < 4.78 is 5.66. The van der Waals surface area contributed by atoms with Crippen LogP contribution in [0.2, 0.25) is 0 Å². The quantitative estimate of drug-likeness (QED) is 0.797. The molecule has 2 unspecified atom stereocenters. The molecule has 2 atom stereocenters. The van der Waals surface area contributed by atoms with Crippen molar-refractivity contribution in [2.45, 2.75) is 32.5 Å². The molecule has 0 spiro atoms. The molecule has 2 aliphatic rings. The van der Waals surface area contributed by atoms with Gasteiger partial charge in [0.05, 0.1) is 18.8 Å². The number of nitrogens with zero attached hydrogens (tertiary/aromatic N) is 2. The molecular formula is C13H26ClN3O2. The van der Waals surface area contributed by atoms with Gasteiger partial charge in [0, 0.05) is 26.2 Å². The second-order valence-corrected chi connectivity index (χ2v) is 5.44. The Hall–Kier alpha value is -0.360. The second-order valence-electron chi connectivity index (χ2n) is 5.44. The summed E-state index contributed by atoms with van der Waals surface area (Å²) in [4.78, 5) is 16.5. The molecule has 0 bridgehead atoms. The number of morpholine rings is 1. The molecule has 112 valence electrons. The Labute approximate surface area is 122 Å². The molecule has 2 aliphatic heterocycles. The first-order chi connectivity index (χ1) is 8.65. The van der Waals surface area contributed by atoms with Crippen LogP contribution in [0.4, 0.5) is 0 Å². The number of nitrogens with one attached hydrogen (secondary N) is 1. The molecule has 6 heteroatoms. The smallest absolute Gasteiger partial charge is 0.236 e. The summed E-state index contributed by atoms with van der Waals surface area (Å²) in [5, 5.41) is 3.36. The SMILES string of the molecule is CC1CN(C(=O)CN2CCCNCC2)CC(C)O1.Cl. The summed E-state index contributed by atoms with van der Waals surface area (Å²) in [5.41, 5.74) is 0. The minimum Gasteiger partial charge on any atom is -0.372 e. The van der Waals surface area contributed by atoms with Crippen molar-refractivity contribution in [2.75, 3.05) is 45.8 Å². The normalized spacial score (nSPS) is 29.5. The Kier molecular flexibility index (Phi) is 7.07. The van der Waals surface area contributed by atoms with Gasteiger partial charge in [-0.1, -0.05) is 0 Å². The summed E-state index contributed by atoms with van der Waals surface area (Å²) >= 11 is 0. The van der Waals surface area contributed by atoms with Crippen LogP contribution in [0.25, 0.3) is 0 Å². The largest absolute Gasteiger partial charge is 0.372 e. The topological polar surface area (TPSA) is 44.8 Å². The van der Waals surface area contributed by atoms with Crippen LogP contribution in [0.5, 0.6) is 0 Å². The number of amides is 1. The highest BCUT2D eigenvalue weighted by atomic mass is 35.5. The van der Waals surface area contributed by atoms with Crippen LogP contribution in [-0.2, 0) is 9.53 Å². The summed E-state index contributed by atoms with van der Waals surface area (Å²) in [5.74, 6) is 0.249. The fourth-order valence-electron chi connectivity index (χ4n) is 2.73. The van der Waals surface area contributed by atoms with Gasteiger partial charge in [-0.05, 0) is 33.4 Å². The van der Waals surface area contributed by atoms with E-state index in [2.05, 4.69) is 10.2 Å². The molecule has 2 fully saturated rings. The van der Waals surface area contributed by atoms with Gasteiger partial charge >= 0.3 is 0 Å². The molecule has 5 nitrogen and oxygen atoms in total. The Morgan fingerprint density at radius 3 is 2.58 bits per heavy atom. The lowest BCUT2D eigenvalue weighted by molar-refractivity contribution is -0.144. The molecule has 19 heavy (non-hydrogen) atoms. The average Bonchev–Trinajstić information content (AvgIpc) is 2.56. The molecule has 2 saturated heterocycles. The maximum atomic E-state index is 12.3. The monoisotopic (exact) mass is 291 g/mol. The van der Waals surface area contributed by atoms with Gasteiger partial charge in [0.15, 0.2) is 0 Å². The summed E-state index contributed by atoms with van der Waals surface area (Å²) in [6.45, 7) is 10.1. The third kappa shape index (κ3) is 5.26. The van der Waals surface area contributed by atoms with E-state index >= 15 is 0 Å². The highest BCUT2D eigenvalue weighted by molar-refractivity contribution is 5.85. The van der Waals surface area contributed by atoms with E-state index in [1.807, 2.05) is 18.7 Å². The van der Waals surface area contributed by atoms with Crippen molar-refractivity contribution in [3.8, 4) is 0 Å². The average molecular weight is 292 g/mol. The zero-order valence-electron chi connectivity index (χ0n) is 11.9. The van der Waals surface area contributed by atoms with E-state index in [0.29, 0.717) is 6.54 Å². The first-order valence-electron chi connectivity index (χ1n) is 7.01. The molecule has 0 aromatic heterocycles. The minimum absolute atomic E-state index is 0. The first kappa shape index (κ1) is 16.7. The van der Waals surface area contributed by atoms with Crippen molar-refractivity contribution in [3.63, 3.8) is 0 Å². The van der Waals surface area contributed by atoms with E-state index in [0.717, 1.165) is 45.7 Å². The third-order valence-corrected chi connectivity index (χ3v) is 3.56. The molecule has 2 heterocycles. The van der Waals surface area contributed by atoms with Crippen molar-refractivity contribution >= 4 is 18.3 Å². The second kappa shape index (κ2) is 8.04. The molecule has 1 N–H and O–H groups in total. The Bertz CT molecular complexity index is 273. The van der Waals surface area contributed by atoms with E-state index in [4.69, 9.17) is 4.74 Å². The van der Waals surface area contributed by atoms with Crippen molar-refractivity contribution < 1.29 is 9.53 Å². The van der Waals surface area contributed by atoms with Gasteiger partial charge in [0.1, 0.15) is 0 Å². The summed E-state index contributed by atoms with van der Waals surface area (Å²) in [6, 6.07) is 0. The number of halogens is 1. The van der Waals surface area contributed by atoms with Crippen molar-refractivity contribution in [1.29, 1.82) is 0 Å². The summed E-state index contributed by atoms with van der Waals surface area (Å²) in [6.07, 6.45) is 1.44. The fourth-order valence-corrected chi connectivity index (χ4v) is 2.73. The highest BCUT2D eigenvalue weighted by Gasteiger charge is 2.26. The van der Waals surface area contributed by atoms with E-state index in [1.165, 1.54) is 0 Å². The number of hydrogen-bond acceptors (Lipinski definition) is 4. The van der Waals surface area contributed by atoms with Gasteiger partial charge in [-0.15, -0.1) is 12.4 Å². The lowest BCUT2D eigenvalue weighted by Crippen LogP contribution is -2.51. The van der Waals surface area contributed by atoms with E-state index < -0.39 is 0 Å². The van der Waals surface area contributed by atoms with Gasteiger partial charge in [0.2, 0.25) is 5.91 Å². The number of ether oxygens (including phenoxy) is 1. The standard InChI is InChI=1S/C13H25N3O2.ClH/c1-11-8-16(9-12(2)18-11)13(17)10-15-6-3-4-14-5-7-15;/h11-12,14H,3-10H2,1-2H3;1H. The lowest BCUT2D eigenvalue weighted by Gasteiger charge is -2.36. The van der Waals surface area contributed by atoms with Crippen LogP contribution < -0.4 is 5.32 Å². The maximum absolute atomic E-state index is 12.3. The minimum atomic E-state index is 0. The summed E-state index contributed by atoms with van der Waals surface area (Å²) in [7, 11) is 0. The zero-order chi connectivity index (χ0) is 13.0. The zero-order valence-corrected chi connectivity index (χ0v) is 12.7. The van der Waals surface area contributed by atoms with Gasteiger partial charge in [0.25, 0.3) is 0 Å². The van der Waals surface area contributed by atoms with Crippen LogP contribution in [0, 0.1) is 0 Å². The van der Waals surface area contributed by atoms with Gasteiger partial charge in [-0.25, -0.2) is 0 Å². The Balaban J connectivity index is 0.00000180. The molecule has 0 aliphatic carbocycles. The van der Waals surface area contributed by atoms with Crippen LogP contribution in [0.3, 0.4) is 0 Å². The van der Waals surface area contributed by atoms with E-state index in [9.17, 15) is 4.79 Å². The molecule has 0 aromatic rings. The molecule has 0 saturated carbocycles. The van der Waals surface area contributed by atoms with Crippen LogP contribution in [-0.4, -0.2) is 73.7 Å². The molecule has 0 radical (unpaired) electrons. The third-order valence-electron chi connectivity index (χ3n) is 3.56. The van der Waals surface area contributed by atoms with Gasteiger partial charge < -0.3 is 15.0 Å². The van der Waals surface area contributed by atoms with Crippen LogP contribution in [0.1, 0.15) is 20.3 Å². The predicted molar refractivity (Wildman–Crippen MR) is 77.8 cm³/mol. The molecule has 1 amide bonds. The predicted octanol–water partition coefficient (Wildman–Crippen LogP) is 0.339. The molecule has 0 aromatic carbocycles. The van der Waals surface area contributed by atoms with Crippen LogP contribution in [0.15, 0.2) is 0 Å². The highest BCUT2D eigenvalue weighted by Crippen LogP contribution is 2.11. The van der Waals surface area contributed by atoms with Crippen molar-refractivity contribution in [3.05, 3.63) is 0 Å². The lowest BCUT2D eigenvalue weighted by atomic mass is 10.2. The van der Waals surface area contributed by atoms with E-state index in [-0.39, 0.29) is 30.5 Å². The van der Waals surface area contributed by atoms with E-state index in [1.54, 1.807) is 0 Å². The van der Waals surface area contributed by atoms with Crippen LogP contribution >= 0.6 is 12.4 Å². The van der Waals surface area contributed by atoms with Crippen molar-refractivity contribution in [1.82, 2.24) is 15.1 Å². The molecule has 2 rings (SSSR count). The number of carbonyl (C=O) groups excluding carboxylic acids is 1. The first-order valence-corrected chi connectivity index (χ1v) is 7.01. The number of rotatable bonds is 2. The molecular weight excluding hydrogens is 266 g/mol. The van der Waals surface area contributed by atoms with Gasteiger partial charge in [-0.3, -0.25) is 9.69 Å².